The van der Waals surface area contributed by atoms with Crippen molar-refractivity contribution in [3.63, 3.8) is 0 Å². The molecule has 0 spiro atoms. The number of hydrogen-bond donors (Lipinski definition) is 0. The molecule has 0 atom stereocenters. The van der Waals surface area contributed by atoms with E-state index in [4.69, 9.17) is 12.2 Å². The fourth-order valence-electron chi connectivity index (χ4n) is 1.43. The summed E-state index contributed by atoms with van der Waals surface area (Å²) in [6.07, 6.45) is 0. The van der Waals surface area contributed by atoms with E-state index in [1.54, 1.807) is 0 Å². The second-order valence-electron chi connectivity index (χ2n) is 5.91. The van der Waals surface area contributed by atoms with Gasteiger partial charge in [-0.05, 0) is 0 Å². The van der Waals surface area contributed by atoms with Gasteiger partial charge in [-0.2, -0.15) is 0 Å². The van der Waals surface area contributed by atoms with Crippen LogP contribution in [-0.4, -0.2) is 52.4 Å². The minimum atomic E-state index is 0.814. The molecule has 0 aliphatic carbocycles. The quantitative estimate of drug-likeness (QED) is 0.454. The van der Waals surface area contributed by atoms with Gasteiger partial charge in [0.15, 0.2) is 0 Å². The molecule has 2 rings (SSSR count). The van der Waals surface area contributed by atoms with Crippen molar-refractivity contribution in [2.45, 2.75) is 0 Å². The Morgan fingerprint density at radius 2 is 1.20 bits per heavy atom. The zero-order valence-electron chi connectivity index (χ0n) is 12.5. The van der Waals surface area contributed by atoms with E-state index in [-0.39, 0.29) is 0 Å². The van der Waals surface area contributed by atoms with Gasteiger partial charge < -0.3 is 4.48 Å². The first-order chi connectivity index (χ1) is 9.27. The molecule has 3 heteroatoms. The first kappa shape index (κ1) is 17.1. The fraction of sp³-hybridized carbons (Fsp3) is 0.235. The Labute approximate surface area is 136 Å². The third-order valence-corrected chi connectivity index (χ3v) is 2.96. The number of rotatable bonds is 2. The maximum atomic E-state index is 5.07. The van der Waals surface area contributed by atoms with Crippen molar-refractivity contribution in [2.75, 3.05) is 28.2 Å². The van der Waals surface area contributed by atoms with E-state index in [2.05, 4.69) is 68.5 Å². The van der Waals surface area contributed by atoms with Gasteiger partial charge in [-0.25, -0.2) is 0 Å². The van der Waals surface area contributed by atoms with Gasteiger partial charge in [-0.1, -0.05) is 0 Å². The van der Waals surface area contributed by atoms with E-state index in [0.29, 0.717) is 0 Å². The van der Waals surface area contributed by atoms with Gasteiger partial charge in [0.2, 0.25) is 0 Å². The number of thiocarbonyl (C=S) groups is 1. The second-order valence-corrected chi connectivity index (χ2v) is 7.76. The summed E-state index contributed by atoms with van der Waals surface area (Å²) in [5.74, 6) is 0. The Morgan fingerprint density at radius 1 is 0.800 bits per heavy atom. The van der Waals surface area contributed by atoms with Crippen LogP contribution in [0.5, 0.6) is 0 Å². The first-order valence-corrected chi connectivity index (χ1v) is 7.69. The van der Waals surface area contributed by atoms with Gasteiger partial charge in [-0.3, -0.25) is 0 Å². The van der Waals surface area contributed by atoms with Gasteiger partial charge >= 0.3 is 103 Å². The summed E-state index contributed by atoms with van der Waals surface area (Å²) >= 11 is 7.91. The van der Waals surface area contributed by atoms with Crippen LogP contribution < -0.4 is 0 Å². The third kappa shape index (κ3) is 6.97. The first-order valence-electron chi connectivity index (χ1n) is 6.43. The fourth-order valence-corrected chi connectivity index (χ4v) is 1.85. The molecular weight excluding hydrogens is 329 g/mol. The Bertz CT molecular complexity index is 535. The van der Waals surface area contributed by atoms with Gasteiger partial charge in [0.25, 0.3) is 0 Å². The summed E-state index contributed by atoms with van der Waals surface area (Å²) in [6.45, 7) is 0. The number of benzene rings is 2. The van der Waals surface area contributed by atoms with E-state index < -0.39 is 0 Å². The van der Waals surface area contributed by atoms with Crippen LogP contribution in [0.15, 0.2) is 54.6 Å². The molecule has 0 unspecified atom stereocenters. The van der Waals surface area contributed by atoms with Crippen LogP contribution >= 0.6 is 12.2 Å². The summed E-state index contributed by atoms with van der Waals surface area (Å²) < 4.78 is 1.81. The van der Waals surface area contributed by atoms with Crippen LogP contribution in [0, 0.1) is 0 Å². The molecule has 0 heterocycles. The average molecular weight is 350 g/mol. The molecule has 0 saturated heterocycles. The molecule has 0 aromatic heterocycles. The van der Waals surface area contributed by atoms with Crippen molar-refractivity contribution >= 4 is 32.0 Å². The van der Waals surface area contributed by atoms with Gasteiger partial charge in [0.05, 0.1) is 28.2 Å². The van der Waals surface area contributed by atoms with Gasteiger partial charge in [0, 0.05) is 0 Å². The van der Waals surface area contributed by atoms with Crippen LogP contribution in [-0.2, 0) is 0 Å². The zero-order chi connectivity index (χ0) is 15.2. The standard InChI is InChI=1S/C13H10SSe.C4H12N/c14-13(15)12-8-6-11(7-9-12)10-4-2-1-3-5-10;1-5(2,3)4/h1-9H,(H,14,15);1-4H3/q;+1/p-1. The molecule has 0 amide bonds. The van der Waals surface area contributed by atoms with Crippen LogP contribution in [0.3, 0.4) is 0 Å². The van der Waals surface area contributed by atoms with Crippen molar-refractivity contribution in [2.24, 2.45) is 0 Å². The van der Waals surface area contributed by atoms with Crippen LogP contribution in [0.25, 0.3) is 11.1 Å². The molecule has 2 aromatic carbocycles. The molecule has 0 radical (unpaired) electrons. The summed E-state index contributed by atoms with van der Waals surface area (Å²) in [5.41, 5.74) is 3.52. The molecule has 1 nitrogen and oxygen atoms in total. The van der Waals surface area contributed by atoms with Crippen LogP contribution in [0.1, 0.15) is 5.56 Å². The average Bonchev–Trinajstić information content (AvgIpc) is 2.38. The van der Waals surface area contributed by atoms with Crippen molar-refractivity contribution in [3.05, 3.63) is 60.2 Å². The molecule has 2 aromatic rings. The van der Waals surface area contributed by atoms with E-state index in [9.17, 15) is 0 Å². The molecule has 0 saturated carbocycles. The molecule has 0 N–H and O–H groups in total. The number of hydrogen-bond acceptors (Lipinski definition) is 1. The molecule has 20 heavy (non-hydrogen) atoms. The predicted molar refractivity (Wildman–Crippen MR) is 93.3 cm³/mol. The Balaban J connectivity index is 0.000000347. The third-order valence-electron chi connectivity index (χ3n) is 2.23. The number of nitrogens with zero attached hydrogens (tertiary/aromatic N) is 1. The Hall–Kier alpha value is -0.991. The SMILES string of the molecule is C[N+](C)(C)C.S=C([Se-])c1ccc(-c2ccccc2)cc1. The monoisotopic (exact) mass is 351 g/mol. The van der Waals surface area contributed by atoms with Crippen molar-refractivity contribution in [1.29, 1.82) is 0 Å². The topological polar surface area (TPSA) is 0 Å². The summed E-state index contributed by atoms with van der Waals surface area (Å²) in [6, 6.07) is 18.6. The van der Waals surface area contributed by atoms with E-state index in [0.717, 1.165) is 13.8 Å². The Morgan fingerprint density at radius 3 is 1.60 bits per heavy atom. The molecule has 0 fully saturated rings. The van der Waals surface area contributed by atoms with Gasteiger partial charge in [0.1, 0.15) is 0 Å². The maximum absolute atomic E-state index is 5.07. The molecule has 0 bridgehead atoms. The van der Waals surface area contributed by atoms with E-state index >= 15 is 0 Å². The van der Waals surface area contributed by atoms with Crippen molar-refractivity contribution < 1.29 is 4.48 Å². The van der Waals surface area contributed by atoms with Crippen LogP contribution in [0.2, 0.25) is 0 Å². The van der Waals surface area contributed by atoms with Crippen molar-refractivity contribution in [3.8, 4) is 11.1 Å². The summed E-state index contributed by atoms with van der Waals surface area (Å²) in [4.78, 5) is 0. The van der Waals surface area contributed by atoms with E-state index in [1.807, 2.05) is 30.3 Å². The second kappa shape index (κ2) is 7.70. The summed E-state index contributed by atoms with van der Waals surface area (Å²) in [7, 11) is 8.50. The minimum absolute atomic E-state index is 0.814. The van der Waals surface area contributed by atoms with E-state index in [1.165, 1.54) is 11.1 Å². The predicted octanol–water partition coefficient (Wildman–Crippen LogP) is 3.52. The normalized spacial score (nSPS) is 10.4. The molecule has 106 valence electrons. The Kier molecular flexibility index (Phi) is 6.57. The molecule has 0 aliphatic heterocycles. The molecular formula is C17H21NSSe. The van der Waals surface area contributed by atoms with Crippen LogP contribution in [0.4, 0.5) is 0 Å². The van der Waals surface area contributed by atoms with Crippen molar-refractivity contribution in [1.82, 2.24) is 0 Å². The number of quaternary nitrogens is 1. The summed E-state index contributed by atoms with van der Waals surface area (Å²) in [5, 5.41) is 0. The molecule has 0 aliphatic rings. The zero-order valence-corrected chi connectivity index (χ0v) is 15.0. The van der Waals surface area contributed by atoms with Gasteiger partial charge in [-0.15, -0.1) is 0 Å².